The van der Waals surface area contributed by atoms with E-state index in [1.165, 1.54) is 18.3 Å². The minimum absolute atomic E-state index is 0.847. The average molecular weight is 96.2 g/mol. The van der Waals surface area contributed by atoms with Gasteiger partial charge in [-0.05, 0) is 23.7 Å². The van der Waals surface area contributed by atoms with E-state index in [4.69, 9.17) is 0 Å². The van der Waals surface area contributed by atoms with E-state index < -0.39 is 0 Å². The molecule has 0 heterocycles. The van der Waals surface area contributed by atoms with E-state index in [2.05, 4.69) is 13.8 Å². The predicted octanol–water partition coefficient (Wildman–Crippen LogP) is 2.05. The van der Waals surface area contributed by atoms with Gasteiger partial charge in [-0.2, -0.15) is 0 Å². The van der Waals surface area contributed by atoms with Gasteiger partial charge in [0.1, 0.15) is 0 Å². The van der Waals surface area contributed by atoms with E-state index in [1.54, 1.807) is 6.42 Å². The summed E-state index contributed by atoms with van der Waals surface area (Å²) in [6.45, 7) is 4.73. The molecule has 0 aromatic heterocycles. The molecule has 7 heavy (non-hydrogen) atoms. The summed E-state index contributed by atoms with van der Waals surface area (Å²) in [6, 6.07) is 0. The minimum atomic E-state index is 0.847. The quantitative estimate of drug-likeness (QED) is 0.468. The van der Waals surface area contributed by atoms with Crippen molar-refractivity contribution in [2.75, 3.05) is 0 Å². The summed E-state index contributed by atoms with van der Waals surface area (Å²) in [5, 5.41) is 0. The lowest BCUT2D eigenvalue weighted by Gasteiger charge is -2.10. The third-order valence-corrected chi connectivity index (χ3v) is 3.14. The van der Waals surface area contributed by atoms with Gasteiger partial charge in [-0.1, -0.05) is 20.3 Å². The van der Waals surface area contributed by atoms with E-state index in [0.717, 1.165) is 5.41 Å². The van der Waals surface area contributed by atoms with Crippen molar-refractivity contribution in [3.8, 4) is 0 Å². The smallest absolute Gasteiger partial charge is 0.0266 e. The van der Waals surface area contributed by atoms with Crippen molar-refractivity contribution in [1.82, 2.24) is 0 Å². The monoisotopic (exact) mass is 96.1 g/mol. The average Bonchev–Trinajstić information content (AvgIpc) is 2.46. The van der Waals surface area contributed by atoms with Crippen LogP contribution in [-0.4, -0.2) is 0 Å². The lowest BCUT2D eigenvalue weighted by molar-refractivity contribution is 0.394. The third kappa shape index (κ3) is 0.266. The van der Waals surface area contributed by atoms with Crippen LogP contribution < -0.4 is 0 Å². The molecule has 0 nitrogen and oxygen atoms in total. The van der Waals surface area contributed by atoms with Gasteiger partial charge in [-0.3, -0.25) is 0 Å². The molecule has 2 atom stereocenters. The molecule has 40 valence electrons. The van der Waals surface area contributed by atoms with E-state index >= 15 is 0 Å². The fraction of sp³-hybridized carbons (Fsp3) is 1.00. The molecule has 0 N–H and O–H groups in total. The van der Waals surface area contributed by atoms with Crippen molar-refractivity contribution in [2.24, 2.45) is 17.3 Å². The van der Waals surface area contributed by atoms with Gasteiger partial charge in [0.05, 0.1) is 0 Å². The second-order valence-electron chi connectivity index (χ2n) is 3.31. The van der Waals surface area contributed by atoms with Crippen LogP contribution in [0.4, 0.5) is 0 Å². The highest BCUT2D eigenvalue weighted by Crippen LogP contribution is 2.78. The zero-order valence-corrected chi connectivity index (χ0v) is 5.07. The molecule has 0 bridgehead atoms. The standard InChI is InChI=1S/C7H12/c1-3-7(2)5-4-6(5)7/h5-6H,3-4H2,1-2H3. The Bertz CT molecular complexity index is 96.6. The summed E-state index contributed by atoms with van der Waals surface area (Å²) in [4.78, 5) is 0. The van der Waals surface area contributed by atoms with Gasteiger partial charge >= 0.3 is 0 Å². The summed E-state index contributed by atoms with van der Waals surface area (Å²) in [5.74, 6) is 2.36. The van der Waals surface area contributed by atoms with E-state index in [0.29, 0.717) is 0 Å². The maximum atomic E-state index is 2.42. The van der Waals surface area contributed by atoms with Crippen LogP contribution in [0.1, 0.15) is 26.7 Å². The molecule has 0 heteroatoms. The molecule has 0 spiro atoms. The minimum Gasteiger partial charge on any atom is -0.0648 e. The summed E-state index contributed by atoms with van der Waals surface area (Å²) in [5.41, 5.74) is 0.847. The second kappa shape index (κ2) is 0.765. The molecule has 2 saturated carbocycles. The number of fused-ring (bicyclic) bond motifs is 1. The zero-order chi connectivity index (χ0) is 5.07. The van der Waals surface area contributed by atoms with Gasteiger partial charge < -0.3 is 0 Å². The molecule has 2 aliphatic rings. The maximum absolute atomic E-state index is 2.42. The van der Waals surface area contributed by atoms with Gasteiger partial charge in [0.2, 0.25) is 0 Å². The Labute approximate surface area is 44.9 Å². The summed E-state index contributed by atoms with van der Waals surface area (Å²) >= 11 is 0. The predicted molar refractivity (Wildman–Crippen MR) is 30.0 cm³/mol. The molecule has 0 saturated heterocycles. The Morgan fingerprint density at radius 3 is 2.14 bits per heavy atom. The third-order valence-electron chi connectivity index (χ3n) is 3.14. The molecule has 2 unspecified atom stereocenters. The molecule has 2 fully saturated rings. The van der Waals surface area contributed by atoms with Crippen molar-refractivity contribution in [1.29, 1.82) is 0 Å². The molecular formula is C7H12. The van der Waals surface area contributed by atoms with E-state index in [9.17, 15) is 0 Å². The molecular weight excluding hydrogens is 84.1 g/mol. The zero-order valence-electron chi connectivity index (χ0n) is 5.07. The van der Waals surface area contributed by atoms with Crippen LogP contribution in [0, 0.1) is 17.3 Å². The molecule has 0 amide bonds. The van der Waals surface area contributed by atoms with Crippen LogP contribution in [-0.2, 0) is 0 Å². The van der Waals surface area contributed by atoms with E-state index in [-0.39, 0.29) is 0 Å². The largest absolute Gasteiger partial charge is 0.0648 e. The molecule has 0 aliphatic heterocycles. The van der Waals surface area contributed by atoms with Crippen LogP contribution in [0.2, 0.25) is 0 Å². The lowest BCUT2D eigenvalue weighted by atomic mass is 9.94. The van der Waals surface area contributed by atoms with Crippen LogP contribution in [0.25, 0.3) is 0 Å². The van der Waals surface area contributed by atoms with Crippen molar-refractivity contribution in [2.45, 2.75) is 26.7 Å². The Hall–Kier alpha value is 0. The van der Waals surface area contributed by atoms with Gasteiger partial charge in [0.15, 0.2) is 0 Å². The highest BCUT2D eigenvalue weighted by Gasteiger charge is 2.71. The summed E-state index contributed by atoms with van der Waals surface area (Å²) in [7, 11) is 0. The highest BCUT2D eigenvalue weighted by molar-refractivity contribution is 5.20. The first-order valence-corrected chi connectivity index (χ1v) is 3.29. The Morgan fingerprint density at radius 1 is 1.57 bits per heavy atom. The fourth-order valence-corrected chi connectivity index (χ4v) is 1.86. The van der Waals surface area contributed by atoms with Gasteiger partial charge in [0, 0.05) is 0 Å². The first-order valence-electron chi connectivity index (χ1n) is 3.29. The van der Waals surface area contributed by atoms with Crippen LogP contribution in [0.15, 0.2) is 0 Å². The Morgan fingerprint density at radius 2 is 2.14 bits per heavy atom. The number of hydrogen-bond acceptors (Lipinski definition) is 0. The molecule has 2 aliphatic carbocycles. The lowest BCUT2D eigenvalue weighted by Crippen LogP contribution is -2.01. The topological polar surface area (TPSA) is 0 Å². The molecule has 2 rings (SSSR count). The van der Waals surface area contributed by atoms with Gasteiger partial charge in [0.25, 0.3) is 0 Å². The first-order chi connectivity index (χ1) is 3.29. The van der Waals surface area contributed by atoms with Crippen LogP contribution in [0.3, 0.4) is 0 Å². The Balaban J connectivity index is 2.06. The SMILES string of the molecule is CCC1(C)C2CC21. The van der Waals surface area contributed by atoms with Gasteiger partial charge in [-0.25, -0.2) is 0 Å². The molecule has 0 radical (unpaired) electrons. The van der Waals surface area contributed by atoms with Crippen molar-refractivity contribution in [3.05, 3.63) is 0 Å². The molecule has 0 aromatic rings. The van der Waals surface area contributed by atoms with E-state index in [1.807, 2.05) is 0 Å². The molecule has 0 aromatic carbocycles. The van der Waals surface area contributed by atoms with Crippen molar-refractivity contribution < 1.29 is 0 Å². The first kappa shape index (κ1) is 3.94. The highest BCUT2D eigenvalue weighted by atomic mass is 14.8. The van der Waals surface area contributed by atoms with Crippen LogP contribution in [0.5, 0.6) is 0 Å². The number of rotatable bonds is 1. The van der Waals surface area contributed by atoms with Gasteiger partial charge in [-0.15, -0.1) is 0 Å². The second-order valence-corrected chi connectivity index (χ2v) is 3.31. The normalized spacial score (nSPS) is 64.3. The maximum Gasteiger partial charge on any atom is -0.0266 e. The van der Waals surface area contributed by atoms with Crippen molar-refractivity contribution >= 4 is 0 Å². The Kier molecular flexibility index (Phi) is 0.430. The summed E-state index contributed by atoms with van der Waals surface area (Å²) < 4.78 is 0. The van der Waals surface area contributed by atoms with Crippen LogP contribution >= 0.6 is 0 Å². The number of hydrogen-bond donors (Lipinski definition) is 0. The van der Waals surface area contributed by atoms with Crippen molar-refractivity contribution in [3.63, 3.8) is 0 Å². The fourth-order valence-electron chi connectivity index (χ4n) is 1.86. The summed E-state index contributed by atoms with van der Waals surface area (Å²) in [6.07, 6.45) is 2.98.